The molecule has 1 saturated heterocycles. The SMILES string of the molecule is CC(C)(C)OC(=O)N1CCC(n2cc(-c3cnc(N)c(C(=O)NCCc4ccccc4)c3)cn2)CC1. The number of piperidine rings is 1. The molecule has 0 unspecified atom stereocenters. The van der Waals surface area contributed by atoms with Gasteiger partial charge in [0.15, 0.2) is 0 Å². The highest BCUT2D eigenvalue weighted by Gasteiger charge is 2.28. The summed E-state index contributed by atoms with van der Waals surface area (Å²) in [7, 11) is 0. The number of likely N-dealkylation sites (tertiary alicyclic amines) is 1. The number of rotatable bonds is 6. The van der Waals surface area contributed by atoms with E-state index in [0.717, 1.165) is 36.0 Å². The third-order valence-corrected chi connectivity index (χ3v) is 6.13. The molecule has 9 nitrogen and oxygen atoms in total. The lowest BCUT2D eigenvalue weighted by Gasteiger charge is -2.33. The molecule has 0 aliphatic carbocycles. The fourth-order valence-electron chi connectivity index (χ4n) is 4.20. The minimum atomic E-state index is -0.504. The third-order valence-electron chi connectivity index (χ3n) is 6.13. The number of nitrogens with one attached hydrogen (secondary N) is 1. The van der Waals surface area contributed by atoms with Gasteiger partial charge in [-0.2, -0.15) is 5.10 Å². The molecule has 9 heteroatoms. The van der Waals surface area contributed by atoms with E-state index in [-0.39, 0.29) is 23.9 Å². The van der Waals surface area contributed by atoms with Gasteiger partial charge in [-0.05, 0) is 51.7 Å². The zero-order valence-electron chi connectivity index (χ0n) is 21.1. The number of nitrogen functional groups attached to an aromatic ring is 1. The maximum absolute atomic E-state index is 12.8. The molecule has 1 aliphatic rings. The summed E-state index contributed by atoms with van der Waals surface area (Å²) in [5, 5.41) is 7.48. The number of pyridine rings is 1. The quantitative estimate of drug-likeness (QED) is 0.538. The van der Waals surface area contributed by atoms with Gasteiger partial charge in [0.25, 0.3) is 5.91 Å². The van der Waals surface area contributed by atoms with E-state index >= 15 is 0 Å². The number of benzene rings is 1. The molecule has 0 saturated carbocycles. The topological polar surface area (TPSA) is 115 Å². The molecule has 1 aromatic carbocycles. The molecule has 2 aromatic heterocycles. The van der Waals surface area contributed by atoms with Gasteiger partial charge in [-0.25, -0.2) is 9.78 Å². The van der Waals surface area contributed by atoms with Crippen molar-refractivity contribution in [1.82, 2.24) is 25.0 Å². The second kappa shape index (κ2) is 10.8. The van der Waals surface area contributed by atoms with Crippen LogP contribution in [0.15, 0.2) is 55.0 Å². The van der Waals surface area contributed by atoms with Crippen molar-refractivity contribution in [1.29, 1.82) is 0 Å². The zero-order valence-corrected chi connectivity index (χ0v) is 21.1. The van der Waals surface area contributed by atoms with Crippen molar-refractivity contribution in [2.24, 2.45) is 0 Å². The van der Waals surface area contributed by atoms with Crippen LogP contribution >= 0.6 is 0 Å². The van der Waals surface area contributed by atoms with Crippen LogP contribution in [-0.4, -0.2) is 56.9 Å². The van der Waals surface area contributed by atoms with E-state index in [9.17, 15) is 9.59 Å². The third kappa shape index (κ3) is 6.41. The molecule has 36 heavy (non-hydrogen) atoms. The molecule has 3 N–H and O–H groups in total. The van der Waals surface area contributed by atoms with E-state index in [0.29, 0.717) is 25.2 Å². The lowest BCUT2D eigenvalue weighted by atomic mass is 10.1. The molecule has 190 valence electrons. The van der Waals surface area contributed by atoms with Crippen molar-refractivity contribution < 1.29 is 14.3 Å². The first kappa shape index (κ1) is 25.2. The van der Waals surface area contributed by atoms with Crippen LogP contribution in [0.3, 0.4) is 0 Å². The number of anilines is 1. The van der Waals surface area contributed by atoms with Crippen LogP contribution in [0, 0.1) is 0 Å². The van der Waals surface area contributed by atoms with Crippen molar-refractivity contribution in [3.63, 3.8) is 0 Å². The Kier molecular flexibility index (Phi) is 7.57. The first-order chi connectivity index (χ1) is 17.2. The Balaban J connectivity index is 1.36. The smallest absolute Gasteiger partial charge is 0.410 e. The van der Waals surface area contributed by atoms with Crippen LogP contribution in [0.25, 0.3) is 11.1 Å². The highest BCUT2D eigenvalue weighted by molar-refractivity contribution is 5.99. The summed E-state index contributed by atoms with van der Waals surface area (Å²) in [5.41, 5.74) is 8.64. The molecular weight excluding hydrogens is 456 g/mol. The average Bonchev–Trinajstić information content (AvgIpc) is 3.34. The minimum Gasteiger partial charge on any atom is -0.444 e. The average molecular weight is 491 g/mol. The van der Waals surface area contributed by atoms with Crippen LogP contribution in [0.4, 0.5) is 10.6 Å². The van der Waals surface area contributed by atoms with Gasteiger partial charge < -0.3 is 20.7 Å². The molecule has 3 heterocycles. The standard InChI is InChI=1S/C27H34N6O3/c1-27(2,3)36-26(35)32-13-10-22(11-14-32)33-18-21(17-31-33)20-15-23(24(28)30-16-20)25(34)29-12-9-19-7-5-4-6-8-19/h4-8,15-18,22H,9-14H2,1-3H3,(H2,28,30)(H,29,34). The molecule has 3 aromatic rings. The minimum absolute atomic E-state index is 0.180. The summed E-state index contributed by atoms with van der Waals surface area (Å²) in [6.45, 7) is 7.35. The van der Waals surface area contributed by atoms with E-state index in [4.69, 9.17) is 10.5 Å². The van der Waals surface area contributed by atoms with E-state index in [1.54, 1.807) is 23.4 Å². The normalized spacial score (nSPS) is 14.5. The van der Waals surface area contributed by atoms with Crippen LogP contribution in [0.5, 0.6) is 0 Å². The summed E-state index contributed by atoms with van der Waals surface area (Å²) in [6, 6.07) is 11.9. The molecule has 4 rings (SSSR count). The van der Waals surface area contributed by atoms with Gasteiger partial charge in [-0.3, -0.25) is 9.48 Å². The number of nitrogens with zero attached hydrogens (tertiary/aromatic N) is 4. The molecule has 1 aliphatic heterocycles. The van der Waals surface area contributed by atoms with Gasteiger partial charge in [0.2, 0.25) is 0 Å². The highest BCUT2D eigenvalue weighted by Crippen LogP contribution is 2.27. The Hall–Kier alpha value is -3.88. The number of amides is 2. The Morgan fingerprint density at radius 1 is 1.11 bits per heavy atom. The van der Waals surface area contributed by atoms with Gasteiger partial charge in [0.05, 0.1) is 17.8 Å². The molecule has 0 spiro atoms. The Morgan fingerprint density at radius 3 is 2.53 bits per heavy atom. The van der Waals surface area contributed by atoms with Gasteiger partial charge in [0, 0.05) is 43.2 Å². The van der Waals surface area contributed by atoms with Crippen LogP contribution in [0.1, 0.15) is 55.6 Å². The zero-order chi connectivity index (χ0) is 25.7. The maximum atomic E-state index is 12.8. The Labute approximate surface area is 211 Å². The van der Waals surface area contributed by atoms with Crippen molar-refractivity contribution in [2.75, 3.05) is 25.4 Å². The number of hydrogen-bond acceptors (Lipinski definition) is 6. The first-order valence-electron chi connectivity index (χ1n) is 12.3. The lowest BCUT2D eigenvalue weighted by Crippen LogP contribution is -2.42. The van der Waals surface area contributed by atoms with Crippen LogP contribution in [-0.2, 0) is 11.2 Å². The number of ether oxygens (including phenoxy) is 1. The number of nitrogens with two attached hydrogens (primary N) is 1. The van der Waals surface area contributed by atoms with Gasteiger partial charge >= 0.3 is 6.09 Å². The fraction of sp³-hybridized carbons (Fsp3) is 0.407. The predicted molar refractivity (Wildman–Crippen MR) is 138 cm³/mol. The number of carbonyl (C=O) groups is 2. The van der Waals surface area contributed by atoms with Crippen molar-refractivity contribution in [3.8, 4) is 11.1 Å². The summed E-state index contributed by atoms with van der Waals surface area (Å²) in [4.78, 5) is 31.1. The highest BCUT2D eigenvalue weighted by atomic mass is 16.6. The predicted octanol–water partition coefficient (Wildman–Crippen LogP) is 4.07. The molecule has 0 atom stereocenters. The molecule has 0 bridgehead atoms. The summed E-state index contributed by atoms with van der Waals surface area (Å²) < 4.78 is 7.41. The second-order valence-corrected chi connectivity index (χ2v) is 10.1. The van der Waals surface area contributed by atoms with E-state index in [1.165, 1.54) is 0 Å². The maximum Gasteiger partial charge on any atom is 0.410 e. The van der Waals surface area contributed by atoms with E-state index in [2.05, 4.69) is 15.4 Å². The van der Waals surface area contributed by atoms with Gasteiger partial charge in [-0.15, -0.1) is 0 Å². The molecule has 1 fully saturated rings. The van der Waals surface area contributed by atoms with Crippen molar-refractivity contribution in [3.05, 3.63) is 66.1 Å². The summed E-state index contributed by atoms with van der Waals surface area (Å²) in [6.07, 6.45) is 7.42. The molecular formula is C27H34N6O3. The summed E-state index contributed by atoms with van der Waals surface area (Å²) in [5.74, 6) is -0.0578. The van der Waals surface area contributed by atoms with Crippen LogP contribution < -0.4 is 11.1 Å². The van der Waals surface area contributed by atoms with E-state index < -0.39 is 5.60 Å². The van der Waals surface area contributed by atoms with Crippen molar-refractivity contribution >= 4 is 17.8 Å². The Morgan fingerprint density at radius 2 is 1.83 bits per heavy atom. The summed E-state index contributed by atoms with van der Waals surface area (Å²) >= 11 is 0. The molecule has 2 amide bonds. The first-order valence-corrected chi connectivity index (χ1v) is 12.3. The largest absolute Gasteiger partial charge is 0.444 e. The fourth-order valence-corrected chi connectivity index (χ4v) is 4.20. The lowest BCUT2D eigenvalue weighted by molar-refractivity contribution is 0.0184. The monoisotopic (exact) mass is 490 g/mol. The second-order valence-electron chi connectivity index (χ2n) is 10.1. The number of hydrogen-bond donors (Lipinski definition) is 2. The molecule has 0 radical (unpaired) electrons. The Bertz CT molecular complexity index is 1190. The van der Waals surface area contributed by atoms with Crippen molar-refractivity contribution in [2.45, 2.75) is 51.7 Å². The van der Waals surface area contributed by atoms with Gasteiger partial charge in [0.1, 0.15) is 11.4 Å². The number of carbonyl (C=O) groups excluding carboxylic acids is 2. The van der Waals surface area contributed by atoms with E-state index in [1.807, 2.05) is 62.0 Å². The number of aromatic nitrogens is 3. The van der Waals surface area contributed by atoms with Gasteiger partial charge in [-0.1, -0.05) is 30.3 Å². The van der Waals surface area contributed by atoms with Crippen LogP contribution in [0.2, 0.25) is 0 Å².